The number of hydrogen-bond acceptors (Lipinski definition) is 3. The van der Waals surface area contributed by atoms with E-state index in [0.717, 1.165) is 37.8 Å². The molecule has 0 heterocycles. The second-order valence-electron chi connectivity index (χ2n) is 6.20. The van der Waals surface area contributed by atoms with Crippen LogP contribution in [0.1, 0.15) is 38.2 Å². The van der Waals surface area contributed by atoms with Gasteiger partial charge in [-0.2, -0.15) is 0 Å². The maximum atomic E-state index is 13.0. The van der Waals surface area contributed by atoms with Crippen LogP contribution in [-0.4, -0.2) is 26.1 Å². The molecule has 4 nitrogen and oxygen atoms in total. The molecule has 0 aromatic heterocycles. The fourth-order valence-corrected chi connectivity index (χ4v) is 4.53. The largest absolute Gasteiger partial charge is 0.352 e. The molecular formula is C16H21ClFNO3S. The Kier molecular flexibility index (Phi) is 6.03. The minimum atomic E-state index is -3.66. The van der Waals surface area contributed by atoms with Crippen LogP contribution < -0.4 is 5.32 Å². The maximum Gasteiger partial charge on any atom is 0.235 e. The van der Waals surface area contributed by atoms with Crippen LogP contribution in [0.25, 0.3) is 0 Å². The van der Waals surface area contributed by atoms with Gasteiger partial charge in [0.15, 0.2) is 9.84 Å². The standard InChI is InChI=1S/C16H21ClFNO3S/c1-11-4-2-3-5-15(11)19-16(20)10-23(21,22)9-12-6-7-13(18)8-14(12)17/h6-8,11,15H,2-5,9-10H2,1H3,(H,19,20). The van der Waals surface area contributed by atoms with Crippen molar-refractivity contribution in [3.05, 3.63) is 34.6 Å². The number of carbonyl (C=O) groups excluding carboxylic acids is 1. The van der Waals surface area contributed by atoms with Gasteiger partial charge in [-0.15, -0.1) is 0 Å². The summed E-state index contributed by atoms with van der Waals surface area (Å²) in [6.07, 6.45) is 4.13. The predicted molar refractivity (Wildman–Crippen MR) is 88.5 cm³/mol. The Morgan fingerprint density at radius 2 is 2.04 bits per heavy atom. The fraction of sp³-hybridized carbons (Fsp3) is 0.562. The average molecular weight is 362 g/mol. The van der Waals surface area contributed by atoms with Crippen molar-refractivity contribution in [2.45, 2.75) is 44.4 Å². The molecule has 23 heavy (non-hydrogen) atoms. The van der Waals surface area contributed by atoms with Crippen molar-refractivity contribution in [1.29, 1.82) is 0 Å². The molecule has 0 bridgehead atoms. The quantitative estimate of drug-likeness (QED) is 0.876. The van der Waals surface area contributed by atoms with E-state index < -0.39 is 27.3 Å². The maximum absolute atomic E-state index is 13.0. The SMILES string of the molecule is CC1CCCCC1NC(=O)CS(=O)(=O)Cc1ccc(F)cc1Cl. The molecular weight excluding hydrogens is 341 g/mol. The molecule has 0 saturated heterocycles. The summed E-state index contributed by atoms with van der Waals surface area (Å²) in [5.74, 6) is -1.60. The van der Waals surface area contributed by atoms with Crippen LogP contribution in [0.2, 0.25) is 5.02 Å². The third-order valence-electron chi connectivity index (χ3n) is 4.20. The molecule has 1 aliphatic carbocycles. The summed E-state index contributed by atoms with van der Waals surface area (Å²) in [5.41, 5.74) is 0.298. The van der Waals surface area contributed by atoms with E-state index in [1.165, 1.54) is 6.07 Å². The van der Waals surface area contributed by atoms with E-state index in [0.29, 0.717) is 11.5 Å². The first-order valence-electron chi connectivity index (χ1n) is 7.70. The average Bonchev–Trinajstić information content (AvgIpc) is 2.44. The van der Waals surface area contributed by atoms with Gasteiger partial charge < -0.3 is 5.32 Å². The first-order valence-corrected chi connectivity index (χ1v) is 9.90. The summed E-state index contributed by atoms with van der Waals surface area (Å²) in [6.45, 7) is 2.07. The number of halogens is 2. The Balaban J connectivity index is 1.96. The van der Waals surface area contributed by atoms with Gasteiger partial charge in [-0.05, 0) is 36.5 Å². The predicted octanol–water partition coefficient (Wildman–Crippen LogP) is 3.09. The highest BCUT2D eigenvalue weighted by atomic mass is 35.5. The normalized spacial score (nSPS) is 21.9. The second-order valence-corrected chi connectivity index (χ2v) is 8.68. The Bertz CT molecular complexity index is 678. The van der Waals surface area contributed by atoms with Gasteiger partial charge >= 0.3 is 0 Å². The zero-order chi connectivity index (χ0) is 17.0. The van der Waals surface area contributed by atoms with Crippen molar-refractivity contribution in [2.24, 2.45) is 5.92 Å². The highest BCUT2D eigenvalue weighted by Gasteiger charge is 2.25. The molecule has 1 aliphatic rings. The van der Waals surface area contributed by atoms with Crippen molar-refractivity contribution >= 4 is 27.3 Å². The molecule has 1 saturated carbocycles. The van der Waals surface area contributed by atoms with Crippen LogP contribution in [0.5, 0.6) is 0 Å². The van der Waals surface area contributed by atoms with E-state index in [1.54, 1.807) is 0 Å². The monoisotopic (exact) mass is 361 g/mol. The van der Waals surface area contributed by atoms with Gasteiger partial charge in [0.1, 0.15) is 11.6 Å². The second kappa shape index (κ2) is 7.62. The van der Waals surface area contributed by atoms with Crippen LogP contribution in [0.15, 0.2) is 18.2 Å². The lowest BCUT2D eigenvalue weighted by atomic mass is 9.86. The number of hydrogen-bond donors (Lipinski definition) is 1. The molecule has 0 spiro atoms. The van der Waals surface area contributed by atoms with Crippen molar-refractivity contribution in [3.8, 4) is 0 Å². The number of sulfone groups is 1. The number of amides is 1. The highest BCUT2D eigenvalue weighted by Crippen LogP contribution is 2.24. The summed E-state index contributed by atoms with van der Waals surface area (Å²) in [7, 11) is -3.66. The van der Waals surface area contributed by atoms with Gasteiger partial charge in [0.05, 0.1) is 5.75 Å². The number of rotatable bonds is 5. The summed E-state index contributed by atoms with van der Waals surface area (Å²) in [5, 5.41) is 2.87. The van der Waals surface area contributed by atoms with Crippen molar-refractivity contribution in [3.63, 3.8) is 0 Å². The van der Waals surface area contributed by atoms with Crippen LogP contribution in [0.4, 0.5) is 4.39 Å². The molecule has 2 rings (SSSR count). The summed E-state index contributed by atoms with van der Waals surface area (Å²) in [4.78, 5) is 12.0. The number of nitrogens with one attached hydrogen (secondary N) is 1. The topological polar surface area (TPSA) is 63.2 Å². The zero-order valence-electron chi connectivity index (χ0n) is 13.0. The Morgan fingerprint density at radius 1 is 1.35 bits per heavy atom. The van der Waals surface area contributed by atoms with Crippen molar-refractivity contribution in [2.75, 3.05) is 5.75 Å². The zero-order valence-corrected chi connectivity index (χ0v) is 14.6. The highest BCUT2D eigenvalue weighted by molar-refractivity contribution is 7.91. The number of benzene rings is 1. The van der Waals surface area contributed by atoms with Crippen molar-refractivity contribution < 1.29 is 17.6 Å². The molecule has 1 aromatic rings. The molecule has 2 atom stereocenters. The van der Waals surface area contributed by atoms with E-state index >= 15 is 0 Å². The fourth-order valence-electron chi connectivity index (χ4n) is 2.91. The molecule has 128 valence electrons. The van der Waals surface area contributed by atoms with Crippen LogP contribution >= 0.6 is 11.6 Å². The van der Waals surface area contributed by atoms with Crippen LogP contribution in [0, 0.1) is 11.7 Å². The van der Waals surface area contributed by atoms with E-state index in [-0.39, 0.29) is 16.8 Å². The molecule has 7 heteroatoms. The van der Waals surface area contributed by atoms with Crippen molar-refractivity contribution in [1.82, 2.24) is 5.32 Å². The molecule has 0 aliphatic heterocycles. The third-order valence-corrected chi connectivity index (χ3v) is 6.00. The lowest BCUT2D eigenvalue weighted by molar-refractivity contribution is -0.119. The summed E-state index contributed by atoms with van der Waals surface area (Å²) < 4.78 is 37.3. The number of carbonyl (C=O) groups is 1. The van der Waals surface area contributed by atoms with Gasteiger partial charge in [0, 0.05) is 11.1 Å². The van der Waals surface area contributed by atoms with Gasteiger partial charge in [0.25, 0.3) is 0 Å². The van der Waals surface area contributed by atoms with Gasteiger partial charge in [-0.25, -0.2) is 12.8 Å². The third kappa shape index (κ3) is 5.46. The molecule has 1 N–H and O–H groups in total. The molecule has 1 fully saturated rings. The first kappa shape index (κ1) is 18.2. The van der Waals surface area contributed by atoms with Crippen LogP contribution in [0.3, 0.4) is 0 Å². The lowest BCUT2D eigenvalue weighted by Crippen LogP contribution is -2.43. The minimum Gasteiger partial charge on any atom is -0.352 e. The molecule has 1 amide bonds. The van der Waals surface area contributed by atoms with Gasteiger partial charge in [0.2, 0.25) is 5.91 Å². The van der Waals surface area contributed by atoms with Gasteiger partial charge in [-0.1, -0.05) is 37.4 Å². The van der Waals surface area contributed by atoms with Crippen LogP contribution in [-0.2, 0) is 20.4 Å². The smallest absolute Gasteiger partial charge is 0.235 e. The van der Waals surface area contributed by atoms with E-state index in [1.807, 2.05) is 0 Å². The van der Waals surface area contributed by atoms with Gasteiger partial charge in [-0.3, -0.25) is 4.79 Å². The van der Waals surface area contributed by atoms with E-state index in [9.17, 15) is 17.6 Å². The molecule has 0 radical (unpaired) electrons. The lowest BCUT2D eigenvalue weighted by Gasteiger charge is -2.29. The minimum absolute atomic E-state index is 0.0425. The van der Waals surface area contributed by atoms with E-state index in [2.05, 4.69) is 12.2 Å². The van der Waals surface area contributed by atoms with E-state index in [4.69, 9.17) is 11.6 Å². The Labute approximate surface area is 141 Å². The molecule has 1 aromatic carbocycles. The molecule has 2 unspecified atom stereocenters. The summed E-state index contributed by atoms with van der Waals surface area (Å²) >= 11 is 5.84. The first-order chi connectivity index (χ1) is 10.8. The Morgan fingerprint density at radius 3 is 2.70 bits per heavy atom. The Hall–Kier alpha value is -1.14. The summed E-state index contributed by atoms with van der Waals surface area (Å²) in [6, 6.07) is 3.59.